The fraction of sp³-hybridized carbons (Fsp3) is 0.800. The van der Waals surface area contributed by atoms with Gasteiger partial charge in [0.15, 0.2) is 0 Å². The Morgan fingerprint density at radius 2 is 2.25 bits per heavy atom. The largest absolute Gasteiger partial charge is 0.308 e. The molecule has 2 unspecified atom stereocenters. The molecule has 0 aromatic carbocycles. The molecule has 1 N–H and O–H groups in total. The summed E-state index contributed by atoms with van der Waals surface area (Å²) in [5, 5.41) is 3.51. The minimum absolute atomic E-state index is 0.685. The van der Waals surface area contributed by atoms with Crippen molar-refractivity contribution in [3.8, 4) is 0 Å². The van der Waals surface area contributed by atoms with E-state index in [0.29, 0.717) is 12.1 Å². The summed E-state index contributed by atoms with van der Waals surface area (Å²) < 4.78 is 0. The lowest BCUT2D eigenvalue weighted by Gasteiger charge is -2.21. The van der Waals surface area contributed by atoms with Crippen molar-refractivity contribution in [3.63, 3.8) is 0 Å². The molecule has 12 heavy (non-hydrogen) atoms. The van der Waals surface area contributed by atoms with Gasteiger partial charge in [-0.3, -0.25) is 4.90 Å². The van der Waals surface area contributed by atoms with Crippen LogP contribution in [-0.2, 0) is 0 Å². The minimum Gasteiger partial charge on any atom is -0.308 e. The molecule has 2 aliphatic heterocycles. The molecule has 0 amide bonds. The summed E-state index contributed by atoms with van der Waals surface area (Å²) >= 11 is 0. The monoisotopic (exact) mass is 166 g/mol. The summed E-state index contributed by atoms with van der Waals surface area (Å²) in [6.45, 7) is 12.1. The van der Waals surface area contributed by atoms with E-state index < -0.39 is 0 Å². The van der Waals surface area contributed by atoms with Gasteiger partial charge >= 0.3 is 0 Å². The van der Waals surface area contributed by atoms with Crippen molar-refractivity contribution in [1.29, 1.82) is 0 Å². The van der Waals surface area contributed by atoms with E-state index in [1.54, 1.807) is 0 Å². The van der Waals surface area contributed by atoms with Crippen LogP contribution in [0.1, 0.15) is 13.8 Å². The number of hydrogen-bond acceptors (Lipinski definition) is 2. The van der Waals surface area contributed by atoms with Gasteiger partial charge in [0.1, 0.15) is 0 Å². The Balaban J connectivity index is 2.03. The van der Waals surface area contributed by atoms with Gasteiger partial charge < -0.3 is 5.32 Å². The molecule has 0 aromatic rings. The van der Waals surface area contributed by atoms with E-state index in [0.717, 1.165) is 12.5 Å². The summed E-state index contributed by atoms with van der Waals surface area (Å²) in [7, 11) is 0. The molecule has 68 valence electrons. The maximum absolute atomic E-state index is 4.10. The third kappa shape index (κ3) is 1.19. The normalized spacial score (nSPS) is 36.4. The van der Waals surface area contributed by atoms with Gasteiger partial charge in [0.05, 0.1) is 0 Å². The van der Waals surface area contributed by atoms with Crippen molar-refractivity contribution in [2.75, 3.05) is 19.6 Å². The third-order valence-corrected chi connectivity index (χ3v) is 3.19. The molecule has 2 aliphatic rings. The molecule has 2 heterocycles. The van der Waals surface area contributed by atoms with Gasteiger partial charge in [0.2, 0.25) is 0 Å². The maximum atomic E-state index is 4.10. The van der Waals surface area contributed by atoms with Crippen LogP contribution in [0.5, 0.6) is 0 Å². The first kappa shape index (κ1) is 8.27. The molecule has 2 heteroatoms. The molecule has 0 aromatic heterocycles. The van der Waals surface area contributed by atoms with Crippen LogP contribution in [0.25, 0.3) is 0 Å². The third-order valence-electron chi connectivity index (χ3n) is 3.19. The lowest BCUT2D eigenvalue weighted by Crippen LogP contribution is -2.33. The highest BCUT2D eigenvalue weighted by Crippen LogP contribution is 2.28. The van der Waals surface area contributed by atoms with E-state index >= 15 is 0 Å². The highest BCUT2D eigenvalue weighted by molar-refractivity contribution is 5.17. The smallest absolute Gasteiger partial charge is 0.0276 e. The molecule has 0 bridgehead atoms. The molecule has 0 spiro atoms. The van der Waals surface area contributed by atoms with Crippen LogP contribution in [0.4, 0.5) is 0 Å². The quantitative estimate of drug-likeness (QED) is 0.581. The molecule has 2 rings (SSSR count). The van der Waals surface area contributed by atoms with Crippen LogP contribution in [0, 0.1) is 5.92 Å². The molecule has 2 saturated heterocycles. The lowest BCUT2D eigenvalue weighted by molar-refractivity contribution is 0.262. The van der Waals surface area contributed by atoms with Gasteiger partial charge in [-0.05, 0) is 13.8 Å². The van der Waals surface area contributed by atoms with Crippen LogP contribution >= 0.6 is 0 Å². The second-order valence-corrected chi connectivity index (χ2v) is 4.30. The van der Waals surface area contributed by atoms with Crippen molar-refractivity contribution in [2.45, 2.75) is 25.9 Å². The number of nitrogens with zero attached hydrogens (tertiary/aromatic N) is 1. The van der Waals surface area contributed by atoms with Crippen LogP contribution in [0.2, 0.25) is 0 Å². The van der Waals surface area contributed by atoms with E-state index in [4.69, 9.17) is 0 Å². The first-order valence-electron chi connectivity index (χ1n) is 4.83. The summed E-state index contributed by atoms with van der Waals surface area (Å²) in [6.07, 6.45) is 0. The van der Waals surface area contributed by atoms with Gasteiger partial charge in [-0.15, -0.1) is 0 Å². The highest BCUT2D eigenvalue weighted by atomic mass is 15.2. The second-order valence-electron chi connectivity index (χ2n) is 4.30. The Morgan fingerprint density at radius 1 is 1.50 bits per heavy atom. The molecule has 2 atom stereocenters. The van der Waals surface area contributed by atoms with E-state index in [2.05, 4.69) is 30.6 Å². The van der Waals surface area contributed by atoms with Gasteiger partial charge in [-0.2, -0.15) is 0 Å². The van der Waals surface area contributed by atoms with Crippen molar-refractivity contribution < 1.29 is 0 Å². The summed E-state index contributed by atoms with van der Waals surface area (Å²) in [4.78, 5) is 2.53. The van der Waals surface area contributed by atoms with Crippen molar-refractivity contribution in [1.82, 2.24) is 10.2 Å². The molecule has 0 aliphatic carbocycles. The number of nitrogens with one attached hydrogen (secondary N) is 1. The number of fused-ring (bicyclic) bond motifs is 1. The lowest BCUT2D eigenvalue weighted by atomic mass is 10.0. The Hall–Kier alpha value is -0.340. The standard InChI is InChI=1S/C10H18N2/c1-7(2)12-5-9-8(3)4-11-10(9)6-12/h7,9-11H,3-6H2,1-2H3. The molecule has 0 saturated carbocycles. The van der Waals surface area contributed by atoms with E-state index in [9.17, 15) is 0 Å². The Labute approximate surface area is 74.6 Å². The first-order chi connectivity index (χ1) is 5.68. The zero-order valence-corrected chi connectivity index (χ0v) is 8.01. The van der Waals surface area contributed by atoms with Crippen LogP contribution in [0.15, 0.2) is 12.2 Å². The zero-order valence-electron chi connectivity index (χ0n) is 8.01. The number of rotatable bonds is 1. The second kappa shape index (κ2) is 2.86. The van der Waals surface area contributed by atoms with Crippen LogP contribution in [-0.4, -0.2) is 36.6 Å². The van der Waals surface area contributed by atoms with Crippen LogP contribution < -0.4 is 5.32 Å². The minimum atomic E-state index is 0.685. The molecular weight excluding hydrogens is 148 g/mol. The van der Waals surface area contributed by atoms with Gasteiger partial charge in [-0.25, -0.2) is 0 Å². The molecule has 2 nitrogen and oxygen atoms in total. The van der Waals surface area contributed by atoms with Crippen molar-refractivity contribution in [3.05, 3.63) is 12.2 Å². The average molecular weight is 166 g/mol. The Morgan fingerprint density at radius 3 is 2.83 bits per heavy atom. The summed E-state index contributed by atoms with van der Waals surface area (Å²) in [5.41, 5.74) is 1.41. The summed E-state index contributed by atoms with van der Waals surface area (Å²) in [6, 6.07) is 1.38. The van der Waals surface area contributed by atoms with Gasteiger partial charge in [0, 0.05) is 37.6 Å². The number of likely N-dealkylation sites (tertiary alicyclic amines) is 1. The summed E-state index contributed by atoms with van der Waals surface area (Å²) in [5.74, 6) is 0.729. The van der Waals surface area contributed by atoms with Crippen molar-refractivity contribution in [2.24, 2.45) is 5.92 Å². The van der Waals surface area contributed by atoms with E-state index in [1.165, 1.54) is 18.7 Å². The van der Waals surface area contributed by atoms with Gasteiger partial charge in [0.25, 0.3) is 0 Å². The van der Waals surface area contributed by atoms with E-state index in [-0.39, 0.29) is 0 Å². The van der Waals surface area contributed by atoms with Gasteiger partial charge in [-0.1, -0.05) is 12.2 Å². The zero-order chi connectivity index (χ0) is 8.72. The van der Waals surface area contributed by atoms with Crippen molar-refractivity contribution >= 4 is 0 Å². The SMILES string of the molecule is C=C1CNC2CN(C(C)C)CC12. The predicted molar refractivity (Wildman–Crippen MR) is 51.1 cm³/mol. The highest BCUT2D eigenvalue weighted by Gasteiger charge is 2.38. The number of hydrogen-bond donors (Lipinski definition) is 1. The topological polar surface area (TPSA) is 15.3 Å². The fourth-order valence-electron chi connectivity index (χ4n) is 2.27. The Bertz CT molecular complexity index is 198. The maximum Gasteiger partial charge on any atom is 0.0276 e. The predicted octanol–water partition coefficient (Wildman–Crippen LogP) is 0.855. The van der Waals surface area contributed by atoms with Crippen LogP contribution in [0.3, 0.4) is 0 Å². The van der Waals surface area contributed by atoms with E-state index in [1.807, 2.05) is 0 Å². The molecule has 2 fully saturated rings. The average Bonchev–Trinajstić information content (AvgIpc) is 2.53. The molecule has 0 radical (unpaired) electrons. The Kier molecular flexibility index (Phi) is 1.97. The first-order valence-corrected chi connectivity index (χ1v) is 4.83. The molecular formula is C10H18N2. The fourth-order valence-corrected chi connectivity index (χ4v) is 2.27.